The molecule has 1 amide bonds. The summed E-state index contributed by atoms with van der Waals surface area (Å²) in [5, 5.41) is 15.7. The molecule has 0 bridgehead atoms. The van der Waals surface area contributed by atoms with E-state index in [0.29, 0.717) is 29.5 Å². The molecule has 0 spiro atoms. The molecule has 4 rings (SSSR count). The van der Waals surface area contributed by atoms with E-state index in [1.54, 1.807) is 13.0 Å². The monoisotopic (exact) mass is 358 g/mol. The first-order valence-electron chi connectivity index (χ1n) is 8.33. The topological polar surface area (TPSA) is 74.2 Å². The van der Waals surface area contributed by atoms with Crippen molar-refractivity contribution in [3.63, 3.8) is 0 Å². The fourth-order valence-electron chi connectivity index (χ4n) is 3.25. The fraction of sp³-hybridized carbons (Fsp3) is 0.333. The molecule has 0 saturated heterocycles. The molecule has 0 aliphatic carbocycles. The van der Waals surface area contributed by atoms with Gasteiger partial charge in [-0.25, -0.2) is 0 Å². The molecule has 3 aromatic rings. The maximum atomic E-state index is 12.9. The lowest BCUT2D eigenvalue weighted by molar-refractivity contribution is 0.0741. The summed E-state index contributed by atoms with van der Waals surface area (Å²) < 4.78 is 1.89. The van der Waals surface area contributed by atoms with E-state index >= 15 is 0 Å². The number of aliphatic hydroxyl groups excluding tert-OH is 1. The second-order valence-electron chi connectivity index (χ2n) is 6.45. The number of H-pyrrole nitrogens is 1. The van der Waals surface area contributed by atoms with Gasteiger partial charge in [0, 0.05) is 29.0 Å². The summed E-state index contributed by atoms with van der Waals surface area (Å²) in [6.45, 7) is 3.59. The first-order chi connectivity index (χ1) is 12.0. The number of aliphatic hydroxyl groups is 1. The molecule has 25 heavy (non-hydrogen) atoms. The zero-order valence-corrected chi connectivity index (χ0v) is 14.6. The molecule has 130 valence electrons. The average molecular weight is 359 g/mol. The Kier molecular flexibility index (Phi) is 4.01. The van der Waals surface area contributed by atoms with Crippen molar-refractivity contribution in [2.24, 2.45) is 0 Å². The van der Waals surface area contributed by atoms with Gasteiger partial charge in [0.25, 0.3) is 5.91 Å². The lowest BCUT2D eigenvalue weighted by Crippen LogP contribution is -2.30. The van der Waals surface area contributed by atoms with E-state index in [1.807, 2.05) is 33.8 Å². The van der Waals surface area contributed by atoms with Gasteiger partial charge in [-0.1, -0.05) is 11.6 Å². The summed E-state index contributed by atoms with van der Waals surface area (Å²) in [7, 11) is 0. The molecular weight excluding hydrogens is 340 g/mol. The number of halogens is 1. The van der Waals surface area contributed by atoms with Crippen molar-refractivity contribution in [1.29, 1.82) is 0 Å². The van der Waals surface area contributed by atoms with Crippen LogP contribution < -0.4 is 0 Å². The van der Waals surface area contributed by atoms with Crippen molar-refractivity contribution in [2.45, 2.75) is 32.5 Å². The molecule has 1 aliphatic rings. The zero-order chi connectivity index (χ0) is 17.6. The number of carbonyl (C=O) groups excluding carboxylic acids is 1. The molecule has 0 saturated carbocycles. The van der Waals surface area contributed by atoms with Gasteiger partial charge >= 0.3 is 0 Å². The van der Waals surface area contributed by atoms with E-state index in [0.717, 1.165) is 29.6 Å². The largest absolute Gasteiger partial charge is 0.387 e. The first kappa shape index (κ1) is 16.2. The molecular formula is C18H19ClN4O2. The number of benzene rings is 1. The quantitative estimate of drug-likeness (QED) is 0.739. The van der Waals surface area contributed by atoms with Gasteiger partial charge in [-0.15, -0.1) is 0 Å². The number of amides is 1. The van der Waals surface area contributed by atoms with Crippen LogP contribution >= 0.6 is 11.6 Å². The van der Waals surface area contributed by atoms with Crippen LogP contribution in [0.2, 0.25) is 5.02 Å². The summed E-state index contributed by atoms with van der Waals surface area (Å²) in [5.74, 6) is -0.0411. The maximum absolute atomic E-state index is 12.9. The van der Waals surface area contributed by atoms with Gasteiger partial charge in [-0.3, -0.25) is 9.48 Å². The van der Waals surface area contributed by atoms with E-state index in [4.69, 9.17) is 11.6 Å². The fourth-order valence-corrected chi connectivity index (χ4v) is 3.43. The average Bonchev–Trinajstić information content (AvgIpc) is 3.12. The highest BCUT2D eigenvalue weighted by atomic mass is 35.5. The van der Waals surface area contributed by atoms with Gasteiger partial charge in [-0.05, 0) is 43.7 Å². The van der Waals surface area contributed by atoms with Crippen molar-refractivity contribution in [2.75, 3.05) is 6.54 Å². The van der Waals surface area contributed by atoms with E-state index in [2.05, 4.69) is 10.1 Å². The Morgan fingerprint density at radius 3 is 2.96 bits per heavy atom. The third-order valence-corrected chi connectivity index (χ3v) is 4.80. The van der Waals surface area contributed by atoms with Crippen LogP contribution in [0, 0.1) is 0 Å². The molecule has 1 atom stereocenters. The van der Waals surface area contributed by atoms with Crippen LogP contribution in [0.15, 0.2) is 30.3 Å². The molecule has 2 N–H and O–H groups in total. The van der Waals surface area contributed by atoms with E-state index in [-0.39, 0.29) is 5.91 Å². The van der Waals surface area contributed by atoms with Crippen LogP contribution in [0.4, 0.5) is 0 Å². The SMILES string of the molecule is C[C@H](O)c1cc2n(n1)CCCN(C(=O)c1cc3cc(Cl)ccc3[nH]1)C2. The minimum Gasteiger partial charge on any atom is -0.387 e. The summed E-state index contributed by atoms with van der Waals surface area (Å²) in [6, 6.07) is 9.24. The van der Waals surface area contributed by atoms with E-state index in [9.17, 15) is 9.90 Å². The maximum Gasteiger partial charge on any atom is 0.270 e. The van der Waals surface area contributed by atoms with Crippen molar-refractivity contribution in [1.82, 2.24) is 19.7 Å². The number of hydrogen-bond donors (Lipinski definition) is 2. The minimum absolute atomic E-state index is 0.0411. The Balaban J connectivity index is 1.62. The van der Waals surface area contributed by atoms with Crippen LogP contribution in [0.5, 0.6) is 0 Å². The lowest BCUT2D eigenvalue weighted by atomic mass is 10.2. The number of aromatic amines is 1. The van der Waals surface area contributed by atoms with Gasteiger partial charge in [0.1, 0.15) is 5.69 Å². The number of fused-ring (bicyclic) bond motifs is 2. The second kappa shape index (κ2) is 6.20. The molecule has 0 radical (unpaired) electrons. The smallest absolute Gasteiger partial charge is 0.270 e. The highest BCUT2D eigenvalue weighted by molar-refractivity contribution is 6.31. The van der Waals surface area contributed by atoms with Crippen LogP contribution in [0.25, 0.3) is 10.9 Å². The summed E-state index contributed by atoms with van der Waals surface area (Å²) >= 11 is 6.02. The highest BCUT2D eigenvalue weighted by Crippen LogP contribution is 2.23. The van der Waals surface area contributed by atoms with E-state index in [1.165, 1.54) is 0 Å². The first-order valence-corrected chi connectivity index (χ1v) is 8.71. The molecule has 2 aromatic heterocycles. The van der Waals surface area contributed by atoms with Crippen molar-refractivity contribution in [3.05, 3.63) is 52.4 Å². The van der Waals surface area contributed by atoms with Crippen LogP contribution in [-0.2, 0) is 13.1 Å². The van der Waals surface area contributed by atoms with Crippen LogP contribution in [0.1, 0.15) is 41.3 Å². The molecule has 7 heteroatoms. The lowest BCUT2D eigenvalue weighted by Gasteiger charge is -2.19. The van der Waals surface area contributed by atoms with E-state index < -0.39 is 6.10 Å². The standard InChI is InChI=1S/C18H19ClN4O2/c1-11(24)16-9-14-10-22(5-2-6-23(14)21-16)18(25)17-8-12-7-13(19)3-4-15(12)20-17/h3-4,7-9,11,20,24H,2,5-6,10H2,1H3/t11-/m0/s1. The molecule has 1 aromatic carbocycles. The highest BCUT2D eigenvalue weighted by Gasteiger charge is 2.23. The molecule has 3 heterocycles. The van der Waals surface area contributed by atoms with Crippen molar-refractivity contribution >= 4 is 28.4 Å². The Labute approximate surface area is 150 Å². The number of nitrogens with zero attached hydrogens (tertiary/aromatic N) is 3. The number of carbonyl (C=O) groups is 1. The second-order valence-corrected chi connectivity index (χ2v) is 6.89. The normalized spacial score (nSPS) is 15.9. The summed E-state index contributed by atoms with van der Waals surface area (Å²) in [6.07, 6.45) is 0.216. The van der Waals surface area contributed by atoms with Gasteiger partial charge in [0.2, 0.25) is 0 Å². The van der Waals surface area contributed by atoms with Gasteiger partial charge in [-0.2, -0.15) is 5.10 Å². The zero-order valence-electron chi connectivity index (χ0n) is 13.9. The minimum atomic E-state index is -0.609. The number of nitrogens with one attached hydrogen (secondary N) is 1. The Morgan fingerprint density at radius 2 is 2.16 bits per heavy atom. The third-order valence-electron chi connectivity index (χ3n) is 4.56. The Morgan fingerprint density at radius 1 is 1.32 bits per heavy atom. The van der Waals surface area contributed by atoms with Gasteiger partial charge in [0.05, 0.1) is 24.0 Å². The Hall–Kier alpha value is -2.31. The molecule has 0 unspecified atom stereocenters. The number of aromatic nitrogens is 3. The van der Waals surface area contributed by atoms with Crippen molar-refractivity contribution in [3.8, 4) is 0 Å². The number of hydrogen-bond acceptors (Lipinski definition) is 3. The molecule has 6 nitrogen and oxygen atoms in total. The summed E-state index contributed by atoms with van der Waals surface area (Å²) in [4.78, 5) is 17.9. The molecule has 1 aliphatic heterocycles. The number of rotatable bonds is 2. The van der Waals surface area contributed by atoms with Gasteiger partial charge < -0.3 is 15.0 Å². The van der Waals surface area contributed by atoms with Gasteiger partial charge in [0.15, 0.2) is 0 Å². The van der Waals surface area contributed by atoms with Crippen LogP contribution in [-0.4, -0.2) is 37.2 Å². The molecule has 0 fully saturated rings. The Bertz CT molecular complexity index is 944. The summed E-state index contributed by atoms with van der Waals surface area (Å²) in [5.41, 5.74) is 3.04. The third kappa shape index (κ3) is 3.03. The predicted molar refractivity (Wildman–Crippen MR) is 95.5 cm³/mol. The predicted octanol–water partition coefficient (Wildman–Crippen LogP) is 3.12. The van der Waals surface area contributed by atoms with Crippen LogP contribution in [0.3, 0.4) is 0 Å². The number of aryl methyl sites for hydroxylation is 1. The van der Waals surface area contributed by atoms with Crippen molar-refractivity contribution < 1.29 is 9.90 Å².